The van der Waals surface area contributed by atoms with E-state index in [0.29, 0.717) is 60.9 Å². The number of tetrazole rings is 1. The van der Waals surface area contributed by atoms with Crippen LogP contribution in [0.4, 0.5) is 4.39 Å². The highest BCUT2D eigenvalue weighted by Crippen LogP contribution is 2.34. The molecular weight excluding hydrogens is 467 g/mol. The van der Waals surface area contributed by atoms with E-state index in [-0.39, 0.29) is 17.5 Å². The van der Waals surface area contributed by atoms with Crippen LogP contribution >= 0.6 is 0 Å². The third-order valence-corrected chi connectivity index (χ3v) is 6.59. The fourth-order valence-corrected chi connectivity index (χ4v) is 4.68. The number of benzene rings is 2. The maximum atomic E-state index is 13.4. The molecule has 0 radical (unpaired) electrons. The maximum absolute atomic E-state index is 13.4. The van der Waals surface area contributed by atoms with Gasteiger partial charge in [-0.2, -0.15) is 0 Å². The second-order valence-electron chi connectivity index (χ2n) is 8.84. The van der Waals surface area contributed by atoms with E-state index < -0.39 is 6.04 Å². The smallest absolute Gasteiger partial charge is 0.253 e. The molecule has 3 heterocycles. The van der Waals surface area contributed by atoms with Gasteiger partial charge in [0.05, 0.1) is 32.4 Å². The van der Waals surface area contributed by atoms with E-state index in [1.165, 1.54) is 19.2 Å². The number of aromatic nitrogens is 5. The first-order valence-corrected chi connectivity index (χ1v) is 11.7. The average Bonchev–Trinajstić information content (AvgIpc) is 3.33. The zero-order chi connectivity index (χ0) is 25.2. The van der Waals surface area contributed by atoms with Gasteiger partial charge in [-0.1, -0.05) is 12.1 Å². The lowest BCUT2D eigenvalue weighted by atomic mass is 9.99. The summed E-state index contributed by atoms with van der Waals surface area (Å²) in [6.07, 6.45) is 0.766. The van der Waals surface area contributed by atoms with Crippen LogP contribution in [0.5, 0.6) is 11.5 Å². The van der Waals surface area contributed by atoms with Gasteiger partial charge < -0.3 is 19.6 Å². The summed E-state index contributed by atoms with van der Waals surface area (Å²) in [5.41, 5.74) is 1.63. The topological polar surface area (TPSA) is 118 Å². The molecule has 0 bridgehead atoms. The van der Waals surface area contributed by atoms with Crippen LogP contribution in [0.15, 0.2) is 47.3 Å². The summed E-state index contributed by atoms with van der Waals surface area (Å²) in [4.78, 5) is 18.5. The molecule has 2 N–H and O–H groups in total. The molecule has 5 rings (SSSR count). The van der Waals surface area contributed by atoms with E-state index in [1.807, 2.05) is 12.1 Å². The van der Waals surface area contributed by atoms with Crippen LogP contribution in [0.25, 0.3) is 10.9 Å². The molecule has 1 aliphatic heterocycles. The van der Waals surface area contributed by atoms with Crippen molar-refractivity contribution in [2.75, 3.05) is 27.3 Å². The number of hydrogen-bond donors (Lipinski definition) is 2. The van der Waals surface area contributed by atoms with Gasteiger partial charge in [-0.05, 0) is 53.1 Å². The maximum Gasteiger partial charge on any atom is 0.253 e. The summed E-state index contributed by atoms with van der Waals surface area (Å²) in [6.45, 7) is 1.45. The van der Waals surface area contributed by atoms with Gasteiger partial charge >= 0.3 is 0 Å². The van der Waals surface area contributed by atoms with Crippen LogP contribution in [0.3, 0.4) is 0 Å². The molecule has 1 aliphatic rings. The fourth-order valence-electron chi connectivity index (χ4n) is 4.68. The number of likely N-dealkylation sites (tertiary alicyclic amines) is 1. The fraction of sp³-hybridized carbons (Fsp3) is 0.360. The van der Waals surface area contributed by atoms with E-state index in [1.54, 1.807) is 30.0 Å². The Morgan fingerprint density at radius 1 is 1.11 bits per heavy atom. The van der Waals surface area contributed by atoms with Crippen LogP contribution in [0.1, 0.15) is 35.8 Å². The number of aliphatic hydroxyl groups is 1. The standard InChI is InChI=1S/C25H27FN6O4/c1-35-21-12-16-11-19(25(34)27-20(16)13-22(21)36-2)23(31-9-7-18(33)8-10-31)24-28-29-30-32(24)14-15-3-5-17(26)6-4-15/h3-6,11-13,18,23,33H,7-10,14H2,1-2H3,(H,27,34). The summed E-state index contributed by atoms with van der Waals surface area (Å²) in [5.74, 6) is 1.22. The molecule has 1 atom stereocenters. The third-order valence-electron chi connectivity index (χ3n) is 6.59. The van der Waals surface area contributed by atoms with Gasteiger partial charge in [0.2, 0.25) is 0 Å². The molecule has 36 heavy (non-hydrogen) atoms. The Balaban J connectivity index is 1.61. The Kier molecular flexibility index (Phi) is 6.66. The number of fused-ring (bicyclic) bond motifs is 1. The van der Waals surface area contributed by atoms with Crippen LogP contribution in [0.2, 0.25) is 0 Å². The van der Waals surface area contributed by atoms with Crippen molar-refractivity contribution >= 4 is 10.9 Å². The van der Waals surface area contributed by atoms with Gasteiger partial charge in [0.1, 0.15) is 11.9 Å². The molecule has 2 aromatic heterocycles. The number of pyridine rings is 1. The molecule has 10 nitrogen and oxygen atoms in total. The van der Waals surface area contributed by atoms with Crippen LogP contribution in [-0.4, -0.2) is 68.6 Å². The first-order valence-electron chi connectivity index (χ1n) is 11.7. The number of nitrogens with zero attached hydrogens (tertiary/aromatic N) is 5. The summed E-state index contributed by atoms with van der Waals surface area (Å²) >= 11 is 0. The zero-order valence-electron chi connectivity index (χ0n) is 20.0. The number of aliphatic hydroxyl groups excluding tert-OH is 1. The zero-order valence-corrected chi connectivity index (χ0v) is 20.0. The number of nitrogens with one attached hydrogen (secondary N) is 1. The van der Waals surface area contributed by atoms with Crippen molar-refractivity contribution in [3.8, 4) is 11.5 Å². The van der Waals surface area contributed by atoms with Crippen LogP contribution < -0.4 is 15.0 Å². The summed E-state index contributed by atoms with van der Waals surface area (Å²) < 4.78 is 25.9. The Morgan fingerprint density at radius 3 is 2.50 bits per heavy atom. The first kappa shape index (κ1) is 23.9. The predicted octanol–water partition coefficient (Wildman–Crippen LogP) is 2.27. The number of methoxy groups -OCH3 is 2. The van der Waals surface area contributed by atoms with Gasteiger partial charge in [0, 0.05) is 30.1 Å². The molecule has 0 amide bonds. The van der Waals surface area contributed by atoms with Gasteiger partial charge in [-0.3, -0.25) is 9.69 Å². The predicted molar refractivity (Wildman–Crippen MR) is 130 cm³/mol. The molecule has 1 unspecified atom stereocenters. The SMILES string of the molecule is COc1cc2cc(C(c3nnnn3Cc3ccc(F)cc3)N3CCC(O)CC3)c(=O)[nH]c2cc1OC. The molecule has 2 aromatic carbocycles. The minimum absolute atomic E-state index is 0.276. The largest absolute Gasteiger partial charge is 0.493 e. The lowest BCUT2D eigenvalue weighted by Crippen LogP contribution is -2.41. The molecular formula is C25H27FN6O4. The second kappa shape index (κ2) is 10.0. The minimum atomic E-state index is -0.561. The summed E-state index contributed by atoms with van der Waals surface area (Å²) in [6, 6.07) is 10.9. The number of hydrogen-bond acceptors (Lipinski definition) is 8. The van der Waals surface area contributed by atoms with Crippen LogP contribution in [0, 0.1) is 5.82 Å². The number of aromatic amines is 1. The molecule has 1 fully saturated rings. The quantitative estimate of drug-likeness (QED) is 0.402. The Labute approximate surface area is 206 Å². The molecule has 4 aromatic rings. The molecule has 0 spiro atoms. The Bertz CT molecular complexity index is 1410. The molecule has 11 heteroatoms. The van der Waals surface area contributed by atoms with Crippen molar-refractivity contribution < 1.29 is 19.0 Å². The van der Waals surface area contributed by atoms with Gasteiger partial charge in [-0.15, -0.1) is 5.10 Å². The number of H-pyrrole nitrogens is 1. The van der Waals surface area contributed by atoms with Crippen molar-refractivity contribution in [1.82, 2.24) is 30.1 Å². The Morgan fingerprint density at radius 2 is 1.81 bits per heavy atom. The van der Waals surface area contributed by atoms with Gasteiger partial charge in [-0.25, -0.2) is 9.07 Å². The number of piperidine rings is 1. The minimum Gasteiger partial charge on any atom is -0.493 e. The highest BCUT2D eigenvalue weighted by atomic mass is 19.1. The lowest BCUT2D eigenvalue weighted by Gasteiger charge is -2.35. The van der Waals surface area contributed by atoms with Gasteiger partial charge in [0.15, 0.2) is 17.3 Å². The summed E-state index contributed by atoms with van der Waals surface area (Å²) in [5, 5.41) is 23.2. The number of ether oxygens (including phenoxy) is 2. The average molecular weight is 495 g/mol. The molecule has 0 saturated carbocycles. The normalized spacial score (nSPS) is 15.8. The second-order valence-corrected chi connectivity index (χ2v) is 8.84. The van der Waals surface area contributed by atoms with E-state index >= 15 is 0 Å². The van der Waals surface area contributed by atoms with Crippen LogP contribution in [-0.2, 0) is 6.54 Å². The molecule has 0 aliphatic carbocycles. The van der Waals surface area contributed by atoms with E-state index in [4.69, 9.17) is 9.47 Å². The van der Waals surface area contributed by atoms with E-state index in [2.05, 4.69) is 25.4 Å². The third kappa shape index (κ3) is 4.67. The van der Waals surface area contributed by atoms with Crippen molar-refractivity contribution in [2.45, 2.75) is 31.5 Å². The van der Waals surface area contributed by atoms with Crippen molar-refractivity contribution in [3.63, 3.8) is 0 Å². The highest BCUT2D eigenvalue weighted by molar-refractivity contribution is 5.83. The van der Waals surface area contributed by atoms with E-state index in [9.17, 15) is 14.3 Å². The van der Waals surface area contributed by atoms with Crippen molar-refractivity contribution in [2.24, 2.45) is 0 Å². The number of halogens is 1. The van der Waals surface area contributed by atoms with Crippen molar-refractivity contribution in [3.05, 3.63) is 75.6 Å². The first-order chi connectivity index (χ1) is 17.5. The number of rotatable bonds is 7. The monoisotopic (exact) mass is 494 g/mol. The van der Waals surface area contributed by atoms with E-state index in [0.717, 1.165) is 10.9 Å². The van der Waals surface area contributed by atoms with Gasteiger partial charge in [0.25, 0.3) is 5.56 Å². The molecule has 1 saturated heterocycles. The lowest BCUT2D eigenvalue weighted by molar-refractivity contribution is 0.0659. The highest BCUT2D eigenvalue weighted by Gasteiger charge is 2.33. The Hall–Kier alpha value is -3.83. The summed E-state index contributed by atoms with van der Waals surface area (Å²) in [7, 11) is 3.10. The molecule has 188 valence electrons. The van der Waals surface area contributed by atoms with Crippen molar-refractivity contribution in [1.29, 1.82) is 0 Å².